The Balaban J connectivity index is 1.71. The third-order valence-electron chi connectivity index (χ3n) is 7.61. The molecule has 2 N–H and O–H groups in total. The molecule has 0 heterocycles. The lowest BCUT2D eigenvalue weighted by atomic mass is 9.83. The zero-order valence-electron chi connectivity index (χ0n) is 25.1. The molecule has 0 saturated heterocycles. The van der Waals surface area contributed by atoms with Gasteiger partial charge in [0.1, 0.15) is 11.5 Å². The van der Waals surface area contributed by atoms with Gasteiger partial charge in [-0.05, 0) is 72.6 Å². The number of nitrogens with zero attached hydrogens (tertiary/aromatic N) is 2. The highest BCUT2D eigenvalue weighted by atomic mass is 16.3. The summed E-state index contributed by atoms with van der Waals surface area (Å²) in [6, 6.07) is 9.00. The fourth-order valence-electron chi connectivity index (χ4n) is 5.37. The van der Waals surface area contributed by atoms with Crippen LogP contribution in [0.3, 0.4) is 0 Å². The van der Waals surface area contributed by atoms with Crippen LogP contribution in [-0.2, 0) is 23.7 Å². The lowest BCUT2D eigenvalue weighted by Crippen LogP contribution is -2.20. The summed E-state index contributed by atoms with van der Waals surface area (Å²) in [5.74, 6) is 0.721. The zero-order valence-corrected chi connectivity index (χ0v) is 25.1. The van der Waals surface area contributed by atoms with Crippen LogP contribution in [0.4, 0.5) is 0 Å². The molecule has 0 atom stereocenters. The Hall–Kier alpha value is -2.62. The molecular formula is C34H50N2O2. The maximum absolute atomic E-state index is 11.0. The minimum absolute atomic E-state index is 0.120. The first-order valence-electron chi connectivity index (χ1n) is 14.6. The van der Waals surface area contributed by atoms with Gasteiger partial charge in [-0.2, -0.15) is 0 Å². The molecule has 1 saturated carbocycles. The third kappa shape index (κ3) is 7.71. The average Bonchev–Trinajstić information content (AvgIpc) is 2.84. The van der Waals surface area contributed by atoms with E-state index in [1.54, 1.807) is 0 Å². The molecule has 1 aliphatic carbocycles. The first-order chi connectivity index (χ1) is 17.8. The van der Waals surface area contributed by atoms with Crippen molar-refractivity contribution < 1.29 is 10.2 Å². The van der Waals surface area contributed by atoms with Gasteiger partial charge in [0.15, 0.2) is 0 Å². The Kier molecular flexibility index (Phi) is 9.84. The molecule has 0 bridgehead atoms. The van der Waals surface area contributed by atoms with Crippen LogP contribution in [0.25, 0.3) is 0 Å². The van der Waals surface area contributed by atoms with Gasteiger partial charge >= 0.3 is 0 Å². The normalized spacial score (nSPS) is 19.1. The van der Waals surface area contributed by atoms with E-state index < -0.39 is 0 Å². The predicted octanol–water partition coefficient (Wildman–Crippen LogP) is 8.45. The molecule has 0 spiro atoms. The summed E-state index contributed by atoms with van der Waals surface area (Å²) in [5, 5.41) is 22.0. The summed E-state index contributed by atoms with van der Waals surface area (Å²) < 4.78 is 0. The Bertz CT molecular complexity index is 1050. The molecule has 0 radical (unpaired) electrons. The Morgan fingerprint density at radius 2 is 1.00 bits per heavy atom. The van der Waals surface area contributed by atoms with E-state index in [-0.39, 0.29) is 22.9 Å². The van der Waals surface area contributed by atoms with Crippen LogP contribution in [0, 0.1) is 0 Å². The maximum atomic E-state index is 11.0. The van der Waals surface area contributed by atoms with Crippen LogP contribution in [0.5, 0.6) is 11.5 Å². The molecule has 1 aliphatic rings. The highest BCUT2D eigenvalue weighted by molar-refractivity contribution is 5.85. The topological polar surface area (TPSA) is 65.2 Å². The second-order valence-electron chi connectivity index (χ2n) is 13.2. The number of phenols is 2. The fraction of sp³-hybridized carbons (Fsp3) is 0.588. The van der Waals surface area contributed by atoms with Crippen molar-refractivity contribution in [2.75, 3.05) is 0 Å². The van der Waals surface area contributed by atoms with Gasteiger partial charge in [0.2, 0.25) is 0 Å². The van der Waals surface area contributed by atoms with Crippen molar-refractivity contribution in [1.29, 1.82) is 0 Å². The van der Waals surface area contributed by atoms with E-state index in [9.17, 15) is 10.2 Å². The summed E-state index contributed by atoms with van der Waals surface area (Å²) >= 11 is 0. The minimum atomic E-state index is -0.120. The molecule has 4 heteroatoms. The van der Waals surface area contributed by atoms with Crippen molar-refractivity contribution in [2.24, 2.45) is 9.98 Å². The molecule has 0 aromatic heterocycles. The number of rotatable bonds is 8. The molecular weight excluding hydrogens is 468 g/mol. The smallest absolute Gasteiger partial charge is 0.128 e. The molecule has 1 fully saturated rings. The quantitative estimate of drug-likeness (QED) is 0.344. The highest BCUT2D eigenvalue weighted by Crippen LogP contribution is 2.36. The summed E-state index contributed by atoms with van der Waals surface area (Å²) in [6.07, 6.45) is 11.9. The molecule has 0 unspecified atom stereocenters. The van der Waals surface area contributed by atoms with Crippen molar-refractivity contribution in [2.45, 2.75) is 130 Å². The Morgan fingerprint density at radius 1 is 0.658 bits per heavy atom. The minimum Gasteiger partial charge on any atom is -0.507 e. The SMILES string of the molecule is CCCc1cc(C=NC2CCC(N=Cc3cc(CCC)cc(C(C)(C)C)c3O)CC2)c(O)c(C(C)(C)C)c1. The van der Waals surface area contributed by atoms with Crippen LogP contribution in [0.15, 0.2) is 34.3 Å². The molecule has 208 valence electrons. The monoisotopic (exact) mass is 518 g/mol. The maximum Gasteiger partial charge on any atom is 0.128 e. The summed E-state index contributed by atoms with van der Waals surface area (Å²) in [4.78, 5) is 9.80. The summed E-state index contributed by atoms with van der Waals surface area (Å²) in [5.41, 5.74) is 5.92. The second-order valence-corrected chi connectivity index (χ2v) is 13.2. The van der Waals surface area contributed by atoms with Crippen molar-refractivity contribution in [1.82, 2.24) is 0 Å². The van der Waals surface area contributed by atoms with Gasteiger partial charge in [0, 0.05) is 34.7 Å². The second kappa shape index (κ2) is 12.5. The molecule has 2 aromatic carbocycles. The fourth-order valence-corrected chi connectivity index (χ4v) is 5.37. The zero-order chi connectivity index (χ0) is 28.1. The number of hydrogen-bond donors (Lipinski definition) is 2. The third-order valence-corrected chi connectivity index (χ3v) is 7.61. The van der Waals surface area contributed by atoms with Gasteiger partial charge in [0.05, 0.1) is 12.1 Å². The van der Waals surface area contributed by atoms with E-state index >= 15 is 0 Å². The number of phenolic OH excluding ortho intramolecular Hbond substituents is 2. The van der Waals surface area contributed by atoms with E-state index in [4.69, 9.17) is 9.98 Å². The van der Waals surface area contributed by atoms with Crippen LogP contribution >= 0.6 is 0 Å². The Morgan fingerprint density at radius 3 is 1.29 bits per heavy atom. The summed E-state index contributed by atoms with van der Waals surface area (Å²) in [6.45, 7) is 17.2. The molecule has 2 aromatic rings. The van der Waals surface area contributed by atoms with Crippen molar-refractivity contribution in [3.05, 3.63) is 57.6 Å². The number of aliphatic imine (C=N–C) groups is 2. The number of aryl methyl sites for hydroxylation is 2. The largest absolute Gasteiger partial charge is 0.507 e. The molecule has 3 rings (SSSR count). The van der Waals surface area contributed by atoms with Gasteiger partial charge < -0.3 is 10.2 Å². The van der Waals surface area contributed by atoms with Gasteiger partial charge in [-0.1, -0.05) is 80.4 Å². The van der Waals surface area contributed by atoms with Gasteiger partial charge in [-0.25, -0.2) is 0 Å². The van der Waals surface area contributed by atoms with Crippen molar-refractivity contribution in [3.63, 3.8) is 0 Å². The van der Waals surface area contributed by atoms with Crippen molar-refractivity contribution in [3.8, 4) is 11.5 Å². The van der Waals surface area contributed by atoms with E-state index in [1.165, 1.54) is 11.1 Å². The van der Waals surface area contributed by atoms with E-state index in [1.807, 2.05) is 12.4 Å². The first-order valence-corrected chi connectivity index (χ1v) is 14.6. The predicted molar refractivity (Wildman–Crippen MR) is 163 cm³/mol. The van der Waals surface area contributed by atoms with Gasteiger partial charge in [-0.3, -0.25) is 9.98 Å². The highest BCUT2D eigenvalue weighted by Gasteiger charge is 2.24. The van der Waals surface area contributed by atoms with Crippen LogP contribution in [0.1, 0.15) is 127 Å². The molecule has 0 aliphatic heterocycles. The van der Waals surface area contributed by atoms with Crippen LogP contribution in [-0.4, -0.2) is 34.7 Å². The molecule has 38 heavy (non-hydrogen) atoms. The van der Waals surface area contributed by atoms with E-state index in [0.29, 0.717) is 11.5 Å². The van der Waals surface area contributed by atoms with Gasteiger partial charge in [-0.15, -0.1) is 0 Å². The Labute approximate surface area is 231 Å². The lowest BCUT2D eigenvalue weighted by Gasteiger charge is -2.25. The first kappa shape index (κ1) is 29.9. The summed E-state index contributed by atoms with van der Waals surface area (Å²) in [7, 11) is 0. The number of hydrogen-bond acceptors (Lipinski definition) is 4. The van der Waals surface area contributed by atoms with E-state index in [0.717, 1.165) is 73.6 Å². The molecule has 4 nitrogen and oxygen atoms in total. The van der Waals surface area contributed by atoms with Crippen LogP contribution < -0.4 is 0 Å². The standard InChI is InChI=1S/C34H50N2O2/c1-9-11-23-17-25(31(37)29(19-23)33(3,4)5)21-35-27-13-15-28(16-14-27)36-22-26-18-24(12-10-2)20-30(32(26)38)34(6,7)8/h17-22,27-28,37-38H,9-16H2,1-8H3. The van der Waals surface area contributed by atoms with Crippen LogP contribution in [0.2, 0.25) is 0 Å². The number of aromatic hydroxyl groups is 2. The molecule has 0 amide bonds. The number of benzene rings is 2. The lowest BCUT2D eigenvalue weighted by molar-refractivity contribution is 0.399. The van der Waals surface area contributed by atoms with Crippen molar-refractivity contribution >= 4 is 12.4 Å². The average molecular weight is 519 g/mol. The van der Waals surface area contributed by atoms with Gasteiger partial charge in [0.25, 0.3) is 0 Å². The van der Waals surface area contributed by atoms with E-state index in [2.05, 4.69) is 79.7 Å².